The van der Waals surface area contributed by atoms with Crippen molar-refractivity contribution in [3.05, 3.63) is 88.7 Å². The van der Waals surface area contributed by atoms with Crippen molar-refractivity contribution in [2.45, 2.75) is 13.8 Å². The standard InChI is InChI=1S/C24H21ClN4O2/c1-15-7-6-8-17(13-15)23-27-22(24(30)26-19-9-4-5-10-21(19)31-3)28-29(23)20-14-18(25)12-11-16(20)2/h4-14H,1-3H3,(H,26,30). The number of nitrogens with zero attached hydrogens (tertiary/aromatic N) is 3. The lowest BCUT2D eigenvalue weighted by Crippen LogP contribution is -2.15. The Hall–Kier alpha value is -3.64. The number of aryl methyl sites for hydroxylation is 2. The summed E-state index contributed by atoms with van der Waals surface area (Å²) < 4.78 is 6.98. The van der Waals surface area contributed by atoms with Gasteiger partial charge in [0.05, 0.1) is 18.5 Å². The van der Waals surface area contributed by atoms with Crippen LogP contribution in [0.4, 0.5) is 5.69 Å². The summed E-state index contributed by atoms with van der Waals surface area (Å²) >= 11 is 6.25. The molecule has 3 aromatic carbocycles. The van der Waals surface area contributed by atoms with Crippen LogP contribution >= 0.6 is 11.6 Å². The second-order valence-electron chi connectivity index (χ2n) is 7.13. The normalized spacial score (nSPS) is 10.7. The highest BCUT2D eigenvalue weighted by molar-refractivity contribution is 6.30. The number of carbonyl (C=O) groups excluding carboxylic acids is 1. The van der Waals surface area contributed by atoms with Crippen molar-refractivity contribution in [2.75, 3.05) is 12.4 Å². The number of rotatable bonds is 5. The van der Waals surface area contributed by atoms with Gasteiger partial charge in [-0.2, -0.15) is 0 Å². The van der Waals surface area contributed by atoms with Crippen LogP contribution in [0, 0.1) is 13.8 Å². The van der Waals surface area contributed by atoms with Gasteiger partial charge in [0, 0.05) is 10.6 Å². The van der Waals surface area contributed by atoms with Crippen LogP contribution in [0.1, 0.15) is 21.7 Å². The summed E-state index contributed by atoms with van der Waals surface area (Å²) in [5.41, 5.74) is 4.19. The van der Waals surface area contributed by atoms with Gasteiger partial charge in [0.2, 0.25) is 5.82 Å². The van der Waals surface area contributed by atoms with E-state index in [1.54, 1.807) is 23.9 Å². The van der Waals surface area contributed by atoms with Crippen molar-refractivity contribution < 1.29 is 9.53 Å². The zero-order valence-corrected chi connectivity index (χ0v) is 18.1. The van der Waals surface area contributed by atoms with Gasteiger partial charge in [0.15, 0.2) is 5.82 Å². The number of aromatic nitrogens is 3. The van der Waals surface area contributed by atoms with E-state index in [0.29, 0.717) is 22.3 Å². The molecule has 31 heavy (non-hydrogen) atoms. The number of methoxy groups -OCH3 is 1. The Kier molecular flexibility index (Phi) is 5.73. The van der Waals surface area contributed by atoms with Gasteiger partial charge in [-0.05, 0) is 49.7 Å². The topological polar surface area (TPSA) is 69.0 Å². The second-order valence-corrected chi connectivity index (χ2v) is 7.56. The number of nitrogens with one attached hydrogen (secondary N) is 1. The molecule has 0 spiro atoms. The van der Waals surface area contributed by atoms with E-state index in [-0.39, 0.29) is 5.82 Å². The summed E-state index contributed by atoms with van der Waals surface area (Å²) in [6.07, 6.45) is 0. The Morgan fingerprint density at radius 1 is 1.03 bits per heavy atom. The average molecular weight is 433 g/mol. The maximum atomic E-state index is 13.0. The van der Waals surface area contributed by atoms with Crippen molar-refractivity contribution in [3.63, 3.8) is 0 Å². The molecule has 1 amide bonds. The monoisotopic (exact) mass is 432 g/mol. The maximum Gasteiger partial charge on any atom is 0.295 e. The van der Waals surface area contributed by atoms with Gasteiger partial charge >= 0.3 is 0 Å². The van der Waals surface area contributed by atoms with Crippen molar-refractivity contribution in [1.82, 2.24) is 14.8 Å². The van der Waals surface area contributed by atoms with Gasteiger partial charge in [-0.15, -0.1) is 5.10 Å². The minimum atomic E-state index is -0.433. The number of para-hydroxylation sites is 2. The van der Waals surface area contributed by atoms with E-state index in [9.17, 15) is 4.79 Å². The Labute approximate surface area is 185 Å². The lowest BCUT2D eigenvalue weighted by atomic mass is 10.1. The van der Waals surface area contributed by atoms with Crippen LogP contribution < -0.4 is 10.1 Å². The molecule has 156 valence electrons. The number of amides is 1. The fourth-order valence-electron chi connectivity index (χ4n) is 3.28. The third-order valence-corrected chi connectivity index (χ3v) is 5.08. The molecule has 0 saturated carbocycles. The van der Waals surface area contributed by atoms with E-state index in [4.69, 9.17) is 16.3 Å². The fraction of sp³-hybridized carbons (Fsp3) is 0.125. The summed E-state index contributed by atoms with van der Waals surface area (Å²) in [4.78, 5) is 17.6. The van der Waals surface area contributed by atoms with E-state index < -0.39 is 5.91 Å². The van der Waals surface area contributed by atoms with Crippen LogP contribution in [0.5, 0.6) is 5.75 Å². The number of halogens is 1. The molecule has 0 unspecified atom stereocenters. The molecule has 1 aromatic heterocycles. The van der Waals surface area contributed by atoms with Gasteiger partial charge in [-0.25, -0.2) is 9.67 Å². The number of ether oxygens (including phenoxy) is 1. The Balaban J connectivity index is 1.81. The first-order valence-electron chi connectivity index (χ1n) is 9.71. The zero-order chi connectivity index (χ0) is 22.0. The molecule has 0 bridgehead atoms. The highest BCUT2D eigenvalue weighted by Gasteiger charge is 2.21. The molecule has 1 N–H and O–H groups in total. The van der Waals surface area contributed by atoms with Gasteiger partial charge < -0.3 is 10.1 Å². The fourth-order valence-corrected chi connectivity index (χ4v) is 3.45. The first-order chi connectivity index (χ1) is 15.0. The van der Waals surface area contributed by atoms with Crippen LogP contribution in [0.15, 0.2) is 66.7 Å². The third kappa shape index (κ3) is 4.29. The maximum absolute atomic E-state index is 13.0. The molecule has 0 fully saturated rings. The minimum Gasteiger partial charge on any atom is -0.495 e. The van der Waals surface area contributed by atoms with E-state index in [1.165, 1.54) is 0 Å². The summed E-state index contributed by atoms with van der Waals surface area (Å²) in [5.74, 6) is 0.720. The Morgan fingerprint density at radius 2 is 1.84 bits per heavy atom. The molecule has 1 heterocycles. The first kappa shape index (κ1) is 20.6. The molecule has 6 nitrogen and oxygen atoms in total. The molecular formula is C24H21ClN4O2. The quantitative estimate of drug-likeness (QED) is 0.454. The summed E-state index contributed by atoms with van der Waals surface area (Å²) in [6, 6.07) is 20.6. The zero-order valence-electron chi connectivity index (χ0n) is 17.4. The lowest BCUT2D eigenvalue weighted by Gasteiger charge is -2.10. The summed E-state index contributed by atoms with van der Waals surface area (Å²) in [7, 11) is 1.55. The predicted octanol–water partition coefficient (Wildman–Crippen LogP) is 5.47. The highest BCUT2D eigenvalue weighted by Crippen LogP contribution is 2.27. The van der Waals surface area contributed by atoms with E-state index >= 15 is 0 Å². The first-order valence-corrected chi connectivity index (χ1v) is 10.1. The predicted molar refractivity (Wildman–Crippen MR) is 122 cm³/mol. The molecule has 0 aliphatic carbocycles. The molecule has 4 rings (SSSR count). The molecule has 0 saturated heterocycles. The van der Waals surface area contributed by atoms with Gasteiger partial charge in [-0.3, -0.25) is 4.79 Å². The van der Waals surface area contributed by atoms with Crippen molar-refractivity contribution in [2.24, 2.45) is 0 Å². The minimum absolute atomic E-state index is 0.0433. The van der Waals surface area contributed by atoms with Crippen molar-refractivity contribution >= 4 is 23.2 Å². The Bertz CT molecular complexity index is 1270. The van der Waals surface area contributed by atoms with Gasteiger partial charge in [0.1, 0.15) is 5.75 Å². The van der Waals surface area contributed by atoms with Gasteiger partial charge in [-0.1, -0.05) is 53.6 Å². The number of hydrogen-bond donors (Lipinski definition) is 1. The number of benzene rings is 3. The van der Waals surface area contributed by atoms with Gasteiger partial charge in [0.25, 0.3) is 5.91 Å². The van der Waals surface area contributed by atoms with Crippen LogP contribution in [0.3, 0.4) is 0 Å². The molecule has 7 heteroatoms. The summed E-state index contributed by atoms with van der Waals surface area (Å²) in [6.45, 7) is 3.96. The molecule has 0 radical (unpaired) electrons. The van der Waals surface area contributed by atoms with Crippen LogP contribution in [-0.4, -0.2) is 27.8 Å². The number of hydrogen-bond acceptors (Lipinski definition) is 4. The Morgan fingerprint density at radius 3 is 2.61 bits per heavy atom. The van der Waals surface area contributed by atoms with Crippen molar-refractivity contribution in [1.29, 1.82) is 0 Å². The molecular weight excluding hydrogens is 412 g/mol. The van der Waals surface area contributed by atoms with E-state index in [1.807, 2.05) is 68.4 Å². The largest absolute Gasteiger partial charge is 0.495 e. The molecule has 0 aliphatic rings. The highest BCUT2D eigenvalue weighted by atomic mass is 35.5. The van der Waals surface area contributed by atoms with Crippen molar-refractivity contribution in [3.8, 4) is 22.8 Å². The smallest absolute Gasteiger partial charge is 0.295 e. The molecule has 4 aromatic rings. The summed E-state index contributed by atoms with van der Waals surface area (Å²) in [5, 5.41) is 7.94. The van der Waals surface area contributed by atoms with Crippen LogP contribution in [0.25, 0.3) is 17.1 Å². The SMILES string of the molecule is COc1ccccc1NC(=O)c1nc(-c2cccc(C)c2)n(-c2cc(Cl)ccc2C)n1. The second kappa shape index (κ2) is 8.62. The number of carbonyl (C=O) groups is 1. The number of anilines is 1. The molecule has 0 aliphatic heterocycles. The lowest BCUT2D eigenvalue weighted by molar-refractivity contribution is 0.101. The average Bonchev–Trinajstić information content (AvgIpc) is 3.21. The van der Waals surface area contributed by atoms with E-state index in [2.05, 4.69) is 15.4 Å². The third-order valence-electron chi connectivity index (χ3n) is 4.84. The van der Waals surface area contributed by atoms with E-state index in [0.717, 1.165) is 22.4 Å². The van der Waals surface area contributed by atoms with Crippen LogP contribution in [-0.2, 0) is 0 Å². The molecule has 0 atom stereocenters. The van der Waals surface area contributed by atoms with Crippen LogP contribution in [0.2, 0.25) is 5.02 Å².